The Morgan fingerprint density at radius 3 is 3.00 bits per heavy atom. The van der Waals surface area contributed by atoms with Gasteiger partial charge in [0.1, 0.15) is 0 Å². The van der Waals surface area contributed by atoms with E-state index in [-0.39, 0.29) is 5.91 Å². The van der Waals surface area contributed by atoms with E-state index in [1.54, 1.807) is 6.92 Å². The van der Waals surface area contributed by atoms with Gasteiger partial charge in [-0.15, -0.1) is 0 Å². The number of carbonyl (C=O) groups is 2. The first-order chi connectivity index (χ1) is 6.74. The summed E-state index contributed by atoms with van der Waals surface area (Å²) in [6.07, 6.45) is 2.82. The van der Waals surface area contributed by atoms with Crippen molar-refractivity contribution in [1.82, 2.24) is 10.4 Å². The second-order valence-corrected chi connectivity index (χ2v) is 3.19. The molecular weight excluding hydrogens is 184 g/mol. The Kier molecular flexibility index (Phi) is 4.22. The van der Waals surface area contributed by atoms with E-state index in [1.165, 1.54) is 5.01 Å². The fourth-order valence-corrected chi connectivity index (χ4v) is 1.37. The van der Waals surface area contributed by atoms with Gasteiger partial charge in [-0.3, -0.25) is 9.80 Å². The van der Waals surface area contributed by atoms with Gasteiger partial charge in [0.15, 0.2) is 0 Å². The zero-order valence-electron chi connectivity index (χ0n) is 8.41. The van der Waals surface area contributed by atoms with Crippen molar-refractivity contribution >= 4 is 12.0 Å². The highest BCUT2D eigenvalue weighted by Gasteiger charge is 2.18. The van der Waals surface area contributed by atoms with Gasteiger partial charge < -0.3 is 4.74 Å². The molecular formula is C9H16N2O3. The Bertz CT molecular complexity index is 218. The second-order valence-electron chi connectivity index (χ2n) is 3.19. The van der Waals surface area contributed by atoms with Crippen molar-refractivity contribution in [2.75, 3.05) is 13.2 Å². The monoisotopic (exact) mass is 200 g/mol. The SMILES string of the molecule is CCOC(=O)NN1CCCCCC1=O. The maximum absolute atomic E-state index is 11.4. The summed E-state index contributed by atoms with van der Waals surface area (Å²) in [7, 11) is 0. The van der Waals surface area contributed by atoms with E-state index >= 15 is 0 Å². The van der Waals surface area contributed by atoms with Crippen molar-refractivity contribution in [3.8, 4) is 0 Å². The summed E-state index contributed by atoms with van der Waals surface area (Å²) < 4.78 is 4.69. The Morgan fingerprint density at radius 1 is 1.50 bits per heavy atom. The lowest BCUT2D eigenvalue weighted by atomic mass is 10.2. The highest BCUT2D eigenvalue weighted by atomic mass is 16.6. The minimum Gasteiger partial charge on any atom is -0.449 e. The molecule has 1 saturated heterocycles. The molecule has 0 bridgehead atoms. The molecule has 1 aliphatic rings. The number of nitrogens with zero attached hydrogens (tertiary/aromatic N) is 1. The Labute approximate surface area is 83.4 Å². The number of hydrogen-bond acceptors (Lipinski definition) is 3. The molecule has 1 N–H and O–H groups in total. The third-order valence-corrected chi connectivity index (χ3v) is 2.08. The van der Waals surface area contributed by atoms with Crippen LogP contribution in [0, 0.1) is 0 Å². The summed E-state index contributed by atoms with van der Waals surface area (Å²) >= 11 is 0. The molecule has 5 nitrogen and oxygen atoms in total. The highest BCUT2D eigenvalue weighted by Crippen LogP contribution is 2.08. The van der Waals surface area contributed by atoms with E-state index < -0.39 is 6.09 Å². The molecule has 5 heteroatoms. The van der Waals surface area contributed by atoms with Gasteiger partial charge in [0, 0.05) is 13.0 Å². The van der Waals surface area contributed by atoms with E-state index in [2.05, 4.69) is 10.2 Å². The molecule has 1 heterocycles. The van der Waals surface area contributed by atoms with Gasteiger partial charge in [-0.05, 0) is 19.8 Å². The van der Waals surface area contributed by atoms with E-state index in [4.69, 9.17) is 0 Å². The molecule has 0 radical (unpaired) electrons. The number of carbonyl (C=O) groups excluding carboxylic acids is 2. The molecule has 0 unspecified atom stereocenters. The largest absolute Gasteiger partial charge is 0.449 e. The summed E-state index contributed by atoms with van der Waals surface area (Å²) in [5.41, 5.74) is 2.43. The molecule has 0 spiro atoms. The van der Waals surface area contributed by atoms with Gasteiger partial charge in [0.05, 0.1) is 6.61 Å². The van der Waals surface area contributed by atoms with E-state index in [9.17, 15) is 9.59 Å². The fraction of sp³-hybridized carbons (Fsp3) is 0.778. The van der Waals surface area contributed by atoms with Crippen molar-refractivity contribution in [3.63, 3.8) is 0 Å². The van der Waals surface area contributed by atoms with Crippen LogP contribution in [0.5, 0.6) is 0 Å². The maximum Gasteiger partial charge on any atom is 0.426 e. The molecule has 0 aromatic heterocycles. The summed E-state index contributed by atoms with van der Waals surface area (Å²) in [6.45, 7) is 2.62. The van der Waals surface area contributed by atoms with Gasteiger partial charge in [-0.25, -0.2) is 10.2 Å². The standard InChI is InChI=1S/C9H16N2O3/c1-2-14-9(13)10-11-7-5-3-4-6-8(11)12/h2-7H2,1H3,(H,10,13). The lowest BCUT2D eigenvalue weighted by molar-refractivity contribution is -0.133. The summed E-state index contributed by atoms with van der Waals surface area (Å²) in [4.78, 5) is 22.5. The van der Waals surface area contributed by atoms with Gasteiger partial charge >= 0.3 is 6.09 Å². The molecule has 0 saturated carbocycles. The number of hydrogen-bond donors (Lipinski definition) is 1. The van der Waals surface area contributed by atoms with Crippen LogP contribution in [0.15, 0.2) is 0 Å². The number of nitrogens with one attached hydrogen (secondary N) is 1. The van der Waals surface area contributed by atoms with Crippen LogP contribution in [0.1, 0.15) is 32.6 Å². The first-order valence-electron chi connectivity index (χ1n) is 4.98. The molecule has 80 valence electrons. The second kappa shape index (κ2) is 5.47. The molecule has 14 heavy (non-hydrogen) atoms. The normalized spacial score (nSPS) is 17.5. The van der Waals surface area contributed by atoms with Crippen molar-refractivity contribution < 1.29 is 14.3 Å². The van der Waals surface area contributed by atoms with Gasteiger partial charge in [0.2, 0.25) is 5.91 Å². The third kappa shape index (κ3) is 3.24. The van der Waals surface area contributed by atoms with Crippen molar-refractivity contribution in [1.29, 1.82) is 0 Å². The maximum atomic E-state index is 11.4. The van der Waals surface area contributed by atoms with Crippen LogP contribution in [0.25, 0.3) is 0 Å². The van der Waals surface area contributed by atoms with Crippen LogP contribution in [-0.4, -0.2) is 30.2 Å². The average Bonchev–Trinajstić information content (AvgIpc) is 2.33. The predicted molar refractivity (Wildman–Crippen MR) is 50.3 cm³/mol. The molecule has 0 aromatic rings. The molecule has 0 aliphatic carbocycles. The smallest absolute Gasteiger partial charge is 0.426 e. The topological polar surface area (TPSA) is 58.6 Å². The molecule has 0 aromatic carbocycles. The Hall–Kier alpha value is -1.26. The Balaban J connectivity index is 2.40. The van der Waals surface area contributed by atoms with Crippen LogP contribution < -0.4 is 5.43 Å². The average molecular weight is 200 g/mol. The summed E-state index contributed by atoms with van der Waals surface area (Å²) in [5, 5.41) is 1.35. The minimum atomic E-state index is -0.553. The highest BCUT2D eigenvalue weighted by molar-refractivity contribution is 5.79. The van der Waals surface area contributed by atoms with Gasteiger partial charge in [-0.1, -0.05) is 6.42 Å². The zero-order valence-corrected chi connectivity index (χ0v) is 8.41. The lowest BCUT2D eigenvalue weighted by Crippen LogP contribution is -2.46. The number of amides is 2. The van der Waals surface area contributed by atoms with E-state index in [0.29, 0.717) is 19.6 Å². The number of hydrazine groups is 1. The molecule has 2 amide bonds. The molecule has 0 atom stereocenters. The molecule has 1 aliphatic heterocycles. The molecule has 1 rings (SSSR count). The first-order valence-corrected chi connectivity index (χ1v) is 4.98. The van der Waals surface area contributed by atoms with Crippen molar-refractivity contribution in [2.45, 2.75) is 32.6 Å². The van der Waals surface area contributed by atoms with Crippen LogP contribution in [0.2, 0.25) is 0 Å². The lowest BCUT2D eigenvalue weighted by Gasteiger charge is -2.20. The summed E-state index contributed by atoms with van der Waals surface area (Å²) in [6, 6.07) is 0. The van der Waals surface area contributed by atoms with Crippen LogP contribution in [-0.2, 0) is 9.53 Å². The van der Waals surface area contributed by atoms with Crippen LogP contribution in [0.4, 0.5) is 4.79 Å². The Morgan fingerprint density at radius 2 is 2.29 bits per heavy atom. The number of ether oxygens (including phenoxy) is 1. The van der Waals surface area contributed by atoms with Gasteiger partial charge in [0.25, 0.3) is 0 Å². The van der Waals surface area contributed by atoms with Crippen LogP contribution >= 0.6 is 0 Å². The summed E-state index contributed by atoms with van der Waals surface area (Å²) in [5.74, 6) is -0.0319. The van der Waals surface area contributed by atoms with Crippen molar-refractivity contribution in [2.24, 2.45) is 0 Å². The van der Waals surface area contributed by atoms with E-state index in [0.717, 1.165) is 19.3 Å². The number of rotatable bonds is 2. The molecule has 1 fully saturated rings. The zero-order chi connectivity index (χ0) is 10.4. The van der Waals surface area contributed by atoms with E-state index in [1.807, 2.05) is 0 Å². The quantitative estimate of drug-likeness (QED) is 0.724. The third-order valence-electron chi connectivity index (χ3n) is 2.08. The fourth-order valence-electron chi connectivity index (χ4n) is 1.37. The van der Waals surface area contributed by atoms with Crippen molar-refractivity contribution in [3.05, 3.63) is 0 Å². The van der Waals surface area contributed by atoms with Crippen LogP contribution in [0.3, 0.4) is 0 Å². The minimum absolute atomic E-state index is 0.0319. The predicted octanol–water partition coefficient (Wildman–Crippen LogP) is 1.05. The first kappa shape index (κ1) is 10.8. The van der Waals surface area contributed by atoms with Gasteiger partial charge in [-0.2, -0.15) is 0 Å².